The molecule has 1 heterocycles. The van der Waals surface area contributed by atoms with Crippen LogP contribution in [0.1, 0.15) is 5.69 Å². The molecule has 2 rings (SSSR count). The SMILES string of the molecule is Cc1cc(=O)cc(-c2ccc(Cl)cc2Cl)[nH]1. The van der Waals surface area contributed by atoms with Crippen LogP contribution >= 0.6 is 23.2 Å². The molecule has 0 radical (unpaired) electrons. The van der Waals surface area contributed by atoms with Crippen molar-refractivity contribution in [3.63, 3.8) is 0 Å². The summed E-state index contributed by atoms with van der Waals surface area (Å²) < 4.78 is 0. The number of rotatable bonds is 1. The van der Waals surface area contributed by atoms with E-state index in [-0.39, 0.29) is 5.43 Å². The maximum Gasteiger partial charge on any atom is 0.182 e. The number of aryl methyl sites for hydroxylation is 1. The molecule has 0 atom stereocenters. The van der Waals surface area contributed by atoms with Crippen LogP contribution in [0.15, 0.2) is 35.1 Å². The van der Waals surface area contributed by atoms with Crippen LogP contribution in [-0.2, 0) is 0 Å². The van der Waals surface area contributed by atoms with E-state index in [0.29, 0.717) is 15.7 Å². The van der Waals surface area contributed by atoms with Gasteiger partial charge in [-0.1, -0.05) is 23.2 Å². The average Bonchev–Trinajstić information content (AvgIpc) is 2.15. The lowest BCUT2D eigenvalue weighted by atomic mass is 10.1. The fourth-order valence-corrected chi connectivity index (χ4v) is 2.05. The van der Waals surface area contributed by atoms with Gasteiger partial charge in [0.25, 0.3) is 0 Å². The minimum atomic E-state index is -0.0442. The molecule has 0 spiro atoms. The molecule has 1 N–H and O–H groups in total. The van der Waals surface area contributed by atoms with E-state index < -0.39 is 0 Å². The van der Waals surface area contributed by atoms with E-state index in [2.05, 4.69) is 4.98 Å². The standard InChI is InChI=1S/C12H9Cl2NO/c1-7-4-9(16)6-12(15-7)10-3-2-8(13)5-11(10)14/h2-6H,1H3,(H,15,16). The maximum atomic E-state index is 11.4. The number of hydrogen-bond acceptors (Lipinski definition) is 1. The highest BCUT2D eigenvalue weighted by Crippen LogP contribution is 2.28. The number of halogens is 2. The van der Waals surface area contributed by atoms with Crippen molar-refractivity contribution in [3.8, 4) is 11.3 Å². The van der Waals surface area contributed by atoms with Crippen LogP contribution in [0.25, 0.3) is 11.3 Å². The Kier molecular flexibility index (Phi) is 3.03. The first kappa shape index (κ1) is 11.2. The number of benzene rings is 1. The fraction of sp³-hybridized carbons (Fsp3) is 0.0833. The Morgan fingerprint density at radius 2 is 1.88 bits per heavy atom. The number of nitrogens with one attached hydrogen (secondary N) is 1. The first-order chi connectivity index (χ1) is 7.56. The Bertz CT molecular complexity index is 590. The summed E-state index contributed by atoms with van der Waals surface area (Å²) in [6.45, 7) is 1.83. The van der Waals surface area contributed by atoms with Gasteiger partial charge in [0.15, 0.2) is 5.43 Å². The zero-order valence-corrected chi connectivity index (χ0v) is 10.1. The van der Waals surface area contributed by atoms with Crippen LogP contribution in [-0.4, -0.2) is 4.98 Å². The summed E-state index contributed by atoms with van der Waals surface area (Å²) in [7, 11) is 0. The molecule has 1 aromatic heterocycles. The molecule has 0 saturated carbocycles. The van der Waals surface area contributed by atoms with Gasteiger partial charge in [-0.05, 0) is 25.1 Å². The molecule has 0 bridgehead atoms. The second-order valence-electron chi connectivity index (χ2n) is 3.54. The van der Waals surface area contributed by atoms with Gasteiger partial charge in [-0.3, -0.25) is 4.79 Å². The highest BCUT2D eigenvalue weighted by Gasteiger charge is 2.05. The summed E-state index contributed by atoms with van der Waals surface area (Å²) in [5, 5.41) is 1.09. The van der Waals surface area contributed by atoms with E-state index in [1.165, 1.54) is 12.1 Å². The molecule has 0 aliphatic rings. The summed E-state index contributed by atoms with van der Waals surface area (Å²) in [6, 6.07) is 8.23. The number of pyridine rings is 1. The number of hydrogen-bond donors (Lipinski definition) is 1. The lowest BCUT2D eigenvalue weighted by Crippen LogP contribution is -2.01. The lowest BCUT2D eigenvalue weighted by Gasteiger charge is -2.05. The predicted molar refractivity (Wildman–Crippen MR) is 67.3 cm³/mol. The first-order valence-corrected chi connectivity index (χ1v) is 5.48. The van der Waals surface area contributed by atoms with E-state index in [0.717, 1.165) is 11.3 Å². The maximum absolute atomic E-state index is 11.4. The van der Waals surface area contributed by atoms with Crippen LogP contribution in [0, 0.1) is 6.92 Å². The molecular weight excluding hydrogens is 245 g/mol. The van der Waals surface area contributed by atoms with E-state index in [1.54, 1.807) is 18.2 Å². The number of aromatic amines is 1. The van der Waals surface area contributed by atoms with E-state index in [4.69, 9.17) is 23.2 Å². The Hall–Kier alpha value is -1.25. The van der Waals surface area contributed by atoms with Crippen LogP contribution in [0.3, 0.4) is 0 Å². The number of H-pyrrole nitrogens is 1. The lowest BCUT2D eigenvalue weighted by molar-refractivity contribution is 1.19. The molecule has 0 unspecified atom stereocenters. The largest absolute Gasteiger partial charge is 0.358 e. The molecule has 0 saturated heterocycles. The molecule has 0 aliphatic heterocycles. The van der Waals surface area contributed by atoms with E-state index >= 15 is 0 Å². The van der Waals surface area contributed by atoms with E-state index in [9.17, 15) is 4.79 Å². The highest BCUT2D eigenvalue weighted by atomic mass is 35.5. The molecule has 0 amide bonds. The van der Waals surface area contributed by atoms with Crippen molar-refractivity contribution in [2.75, 3.05) is 0 Å². The molecule has 2 nitrogen and oxygen atoms in total. The average molecular weight is 254 g/mol. The van der Waals surface area contributed by atoms with Gasteiger partial charge in [0, 0.05) is 28.4 Å². The Balaban J connectivity index is 2.63. The molecule has 0 fully saturated rings. The third-order valence-electron chi connectivity index (χ3n) is 2.20. The summed E-state index contributed by atoms with van der Waals surface area (Å²) in [6.07, 6.45) is 0. The van der Waals surface area contributed by atoms with Crippen molar-refractivity contribution in [3.05, 3.63) is 56.3 Å². The van der Waals surface area contributed by atoms with Crippen molar-refractivity contribution in [1.82, 2.24) is 4.98 Å². The van der Waals surface area contributed by atoms with Gasteiger partial charge < -0.3 is 4.98 Å². The van der Waals surface area contributed by atoms with Crippen molar-refractivity contribution in [2.45, 2.75) is 6.92 Å². The van der Waals surface area contributed by atoms with Crippen molar-refractivity contribution < 1.29 is 0 Å². The quantitative estimate of drug-likeness (QED) is 0.827. The summed E-state index contributed by atoms with van der Waals surface area (Å²) >= 11 is 11.9. The van der Waals surface area contributed by atoms with Crippen molar-refractivity contribution >= 4 is 23.2 Å². The zero-order valence-electron chi connectivity index (χ0n) is 8.55. The van der Waals surface area contributed by atoms with Crippen LogP contribution in [0.4, 0.5) is 0 Å². The molecular formula is C12H9Cl2NO. The monoisotopic (exact) mass is 253 g/mol. The molecule has 0 aliphatic carbocycles. The van der Waals surface area contributed by atoms with Crippen LogP contribution in [0.5, 0.6) is 0 Å². The zero-order chi connectivity index (χ0) is 11.7. The van der Waals surface area contributed by atoms with Crippen LogP contribution in [0.2, 0.25) is 10.0 Å². The normalized spacial score (nSPS) is 10.4. The van der Waals surface area contributed by atoms with Gasteiger partial charge in [-0.15, -0.1) is 0 Å². The van der Waals surface area contributed by atoms with Crippen molar-refractivity contribution in [1.29, 1.82) is 0 Å². The minimum absolute atomic E-state index is 0.0442. The molecule has 82 valence electrons. The molecule has 4 heteroatoms. The summed E-state index contributed by atoms with van der Waals surface area (Å²) in [5.74, 6) is 0. The minimum Gasteiger partial charge on any atom is -0.358 e. The summed E-state index contributed by atoms with van der Waals surface area (Å²) in [4.78, 5) is 14.5. The second-order valence-corrected chi connectivity index (χ2v) is 4.38. The highest BCUT2D eigenvalue weighted by molar-refractivity contribution is 6.36. The fourth-order valence-electron chi connectivity index (χ4n) is 1.53. The first-order valence-electron chi connectivity index (χ1n) is 4.72. The summed E-state index contributed by atoms with van der Waals surface area (Å²) in [5.41, 5.74) is 2.23. The van der Waals surface area contributed by atoms with Gasteiger partial charge in [-0.25, -0.2) is 0 Å². The van der Waals surface area contributed by atoms with Gasteiger partial charge in [0.1, 0.15) is 0 Å². The van der Waals surface area contributed by atoms with Gasteiger partial charge >= 0.3 is 0 Å². The molecule has 1 aromatic carbocycles. The number of aromatic nitrogens is 1. The third kappa shape index (κ3) is 2.29. The topological polar surface area (TPSA) is 32.9 Å². The van der Waals surface area contributed by atoms with Gasteiger partial charge in [0.2, 0.25) is 0 Å². The Morgan fingerprint density at radius 1 is 1.12 bits per heavy atom. The molecule has 16 heavy (non-hydrogen) atoms. The van der Waals surface area contributed by atoms with Crippen LogP contribution < -0.4 is 5.43 Å². The predicted octanol–water partition coefficient (Wildman–Crippen LogP) is 3.66. The Labute approximate surface area is 103 Å². The second kappa shape index (κ2) is 4.32. The molecule has 2 aromatic rings. The van der Waals surface area contributed by atoms with Gasteiger partial charge in [-0.2, -0.15) is 0 Å². The van der Waals surface area contributed by atoms with E-state index in [1.807, 2.05) is 6.92 Å². The van der Waals surface area contributed by atoms with Gasteiger partial charge in [0.05, 0.1) is 10.7 Å². The van der Waals surface area contributed by atoms with Crippen molar-refractivity contribution in [2.24, 2.45) is 0 Å². The third-order valence-corrected chi connectivity index (χ3v) is 2.75. The Morgan fingerprint density at radius 3 is 2.50 bits per heavy atom. The smallest absolute Gasteiger partial charge is 0.182 e.